The van der Waals surface area contributed by atoms with Crippen molar-refractivity contribution in [2.24, 2.45) is 0 Å². The number of aromatic nitrogens is 2. The molecule has 2 aliphatic rings. The molecule has 9 nitrogen and oxygen atoms in total. The number of nitrogens with one attached hydrogen (secondary N) is 2. The van der Waals surface area contributed by atoms with Crippen LogP contribution in [0.5, 0.6) is 0 Å². The second-order valence-electron chi connectivity index (χ2n) is 8.28. The van der Waals surface area contributed by atoms with Crippen LogP contribution in [0.15, 0.2) is 23.6 Å². The lowest BCUT2D eigenvalue weighted by molar-refractivity contribution is 0.0183. The number of thiazole rings is 1. The molecule has 1 atom stereocenters. The van der Waals surface area contributed by atoms with Crippen molar-refractivity contribution >= 4 is 28.2 Å². The fraction of sp³-hybridized carbons (Fsp3) is 0.565. The number of hydrogen-bond donors (Lipinski definition) is 2. The lowest BCUT2D eigenvalue weighted by atomic mass is 9.93. The van der Waals surface area contributed by atoms with Crippen LogP contribution in [-0.4, -0.2) is 72.9 Å². The van der Waals surface area contributed by atoms with Gasteiger partial charge in [0.1, 0.15) is 11.5 Å². The normalized spacial score (nSPS) is 19.3. The van der Waals surface area contributed by atoms with Gasteiger partial charge in [0.05, 0.1) is 31.9 Å². The van der Waals surface area contributed by atoms with Gasteiger partial charge in [-0.15, -0.1) is 11.3 Å². The lowest BCUT2D eigenvalue weighted by Gasteiger charge is -2.29. The Kier molecular flexibility index (Phi) is 8.60. The molecule has 33 heavy (non-hydrogen) atoms. The molecule has 10 heteroatoms. The van der Waals surface area contributed by atoms with E-state index < -0.39 is 0 Å². The number of carbonyl (C=O) groups excluding carboxylic acids is 1. The summed E-state index contributed by atoms with van der Waals surface area (Å²) in [6, 6.07) is 8.17. The van der Waals surface area contributed by atoms with E-state index >= 15 is 0 Å². The number of nitrogens with zero attached hydrogens (tertiary/aromatic N) is 4. The highest BCUT2D eigenvalue weighted by molar-refractivity contribution is 7.14. The van der Waals surface area contributed by atoms with Gasteiger partial charge in [-0.25, -0.2) is 9.97 Å². The Bertz CT molecular complexity index is 948. The van der Waals surface area contributed by atoms with Crippen molar-refractivity contribution in [2.45, 2.75) is 37.7 Å². The van der Waals surface area contributed by atoms with Gasteiger partial charge in [-0.05, 0) is 50.9 Å². The second kappa shape index (κ2) is 12.0. The molecule has 1 amide bonds. The number of pyridine rings is 1. The molecule has 0 aliphatic carbocycles. The third kappa shape index (κ3) is 6.95. The van der Waals surface area contributed by atoms with Crippen molar-refractivity contribution in [1.29, 1.82) is 5.26 Å². The number of likely N-dealkylation sites (tertiary alicyclic amines) is 1. The SMILES string of the molecule is N#CCN1CCC(c2cccc(Nc3nc(C(=O)NCCOC[C@@H]4CCCO4)cs3)n2)CC1. The molecule has 0 spiro atoms. The summed E-state index contributed by atoms with van der Waals surface area (Å²) in [7, 11) is 0. The Balaban J connectivity index is 1.22. The molecule has 176 valence electrons. The molecular weight excluding hydrogens is 440 g/mol. The summed E-state index contributed by atoms with van der Waals surface area (Å²) in [5, 5.41) is 17.3. The summed E-state index contributed by atoms with van der Waals surface area (Å²) >= 11 is 1.37. The van der Waals surface area contributed by atoms with Gasteiger partial charge in [0, 0.05) is 30.1 Å². The van der Waals surface area contributed by atoms with Crippen molar-refractivity contribution in [1.82, 2.24) is 20.2 Å². The van der Waals surface area contributed by atoms with Gasteiger partial charge in [-0.1, -0.05) is 6.07 Å². The molecular formula is C23H30N6O3S. The van der Waals surface area contributed by atoms with Gasteiger partial charge in [0.2, 0.25) is 0 Å². The lowest BCUT2D eigenvalue weighted by Crippen LogP contribution is -2.33. The van der Waals surface area contributed by atoms with Gasteiger partial charge in [0.15, 0.2) is 5.13 Å². The molecule has 4 heterocycles. The highest BCUT2D eigenvalue weighted by atomic mass is 32.1. The van der Waals surface area contributed by atoms with E-state index in [2.05, 4.69) is 32.7 Å². The first-order chi connectivity index (χ1) is 16.2. The number of piperidine rings is 1. The van der Waals surface area contributed by atoms with E-state index in [-0.39, 0.29) is 12.0 Å². The average Bonchev–Trinajstić information content (AvgIpc) is 3.52. The Labute approximate surface area is 198 Å². The molecule has 0 bridgehead atoms. The number of ether oxygens (including phenoxy) is 2. The zero-order valence-corrected chi connectivity index (χ0v) is 19.5. The minimum absolute atomic E-state index is 0.191. The van der Waals surface area contributed by atoms with Crippen LogP contribution in [0.1, 0.15) is 47.8 Å². The Morgan fingerprint density at radius 3 is 2.97 bits per heavy atom. The smallest absolute Gasteiger partial charge is 0.270 e. The molecule has 2 aromatic rings. The first-order valence-electron chi connectivity index (χ1n) is 11.5. The van der Waals surface area contributed by atoms with Gasteiger partial charge in [0.25, 0.3) is 5.91 Å². The molecule has 2 aromatic heterocycles. The largest absolute Gasteiger partial charge is 0.377 e. The molecule has 2 N–H and O–H groups in total. The minimum Gasteiger partial charge on any atom is -0.377 e. The maximum absolute atomic E-state index is 12.3. The van der Waals surface area contributed by atoms with Crippen molar-refractivity contribution in [3.05, 3.63) is 35.0 Å². The third-order valence-corrected chi connectivity index (χ3v) is 6.66. The monoisotopic (exact) mass is 470 g/mol. The maximum atomic E-state index is 12.3. The van der Waals surface area contributed by atoms with Gasteiger partial charge in [-0.3, -0.25) is 9.69 Å². The standard InChI is InChI=1S/C23H30N6O3S/c24-8-12-29-10-6-17(7-11-29)19-4-1-5-21(26-19)28-23-27-20(16-33-23)22(30)25-9-14-31-15-18-3-2-13-32-18/h1,4-5,16-18H,2-3,6-7,9-15H2,(H,25,30)(H,26,27,28)/t18-/m0/s1. The summed E-state index contributed by atoms with van der Waals surface area (Å²) in [5.41, 5.74) is 1.43. The second-order valence-corrected chi connectivity index (χ2v) is 9.14. The predicted molar refractivity (Wildman–Crippen MR) is 126 cm³/mol. The molecule has 0 saturated carbocycles. The zero-order chi connectivity index (χ0) is 22.9. The number of hydrogen-bond acceptors (Lipinski definition) is 9. The quantitative estimate of drug-likeness (QED) is 0.403. The Morgan fingerprint density at radius 2 is 2.18 bits per heavy atom. The van der Waals surface area contributed by atoms with E-state index in [9.17, 15) is 4.79 Å². The van der Waals surface area contributed by atoms with E-state index in [4.69, 9.17) is 19.7 Å². The number of amides is 1. The van der Waals surface area contributed by atoms with Gasteiger partial charge >= 0.3 is 0 Å². The van der Waals surface area contributed by atoms with Crippen LogP contribution < -0.4 is 10.6 Å². The Morgan fingerprint density at radius 1 is 1.30 bits per heavy atom. The fourth-order valence-electron chi connectivity index (χ4n) is 4.10. The number of carbonyl (C=O) groups is 1. The average molecular weight is 471 g/mol. The molecule has 2 aliphatic heterocycles. The van der Waals surface area contributed by atoms with Crippen LogP contribution in [0.3, 0.4) is 0 Å². The van der Waals surface area contributed by atoms with E-state index in [0.717, 1.165) is 56.9 Å². The van der Waals surface area contributed by atoms with Crippen LogP contribution in [0.4, 0.5) is 10.9 Å². The van der Waals surface area contributed by atoms with Gasteiger partial charge < -0.3 is 20.1 Å². The molecule has 0 radical (unpaired) electrons. The third-order valence-electron chi connectivity index (χ3n) is 5.90. The molecule has 0 aromatic carbocycles. The summed E-state index contributed by atoms with van der Waals surface area (Å²) in [5.74, 6) is 0.892. The van der Waals surface area contributed by atoms with E-state index in [1.165, 1.54) is 11.3 Å². The molecule has 0 unspecified atom stereocenters. The summed E-state index contributed by atoms with van der Waals surface area (Å²) < 4.78 is 11.1. The maximum Gasteiger partial charge on any atom is 0.270 e. The molecule has 2 saturated heterocycles. The van der Waals surface area contributed by atoms with E-state index in [0.29, 0.717) is 43.0 Å². The van der Waals surface area contributed by atoms with Crippen LogP contribution in [-0.2, 0) is 9.47 Å². The molecule has 4 rings (SSSR count). The highest BCUT2D eigenvalue weighted by Crippen LogP contribution is 2.28. The summed E-state index contributed by atoms with van der Waals surface area (Å²) in [6.07, 6.45) is 4.32. The first-order valence-corrected chi connectivity index (χ1v) is 12.4. The number of anilines is 2. The van der Waals surface area contributed by atoms with Gasteiger partial charge in [-0.2, -0.15) is 5.26 Å². The zero-order valence-electron chi connectivity index (χ0n) is 18.7. The van der Waals surface area contributed by atoms with E-state index in [1.807, 2.05) is 12.1 Å². The topological polar surface area (TPSA) is 112 Å². The van der Waals surface area contributed by atoms with Crippen LogP contribution in [0.25, 0.3) is 0 Å². The number of rotatable bonds is 10. The summed E-state index contributed by atoms with van der Waals surface area (Å²) in [4.78, 5) is 23.7. The van der Waals surface area contributed by atoms with Crippen molar-refractivity contribution in [2.75, 3.05) is 51.3 Å². The molecule has 2 fully saturated rings. The van der Waals surface area contributed by atoms with E-state index in [1.54, 1.807) is 5.38 Å². The highest BCUT2D eigenvalue weighted by Gasteiger charge is 2.21. The minimum atomic E-state index is -0.217. The van der Waals surface area contributed by atoms with Crippen molar-refractivity contribution < 1.29 is 14.3 Å². The van der Waals surface area contributed by atoms with Crippen molar-refractivity contribution in [3.63, 3.8) is 0 Å². The Hall–Kier alpha value is -2.58. The number of nitriles is 1. The van der Waals surface area contributed by atoms with Crippen LogP contribution in [0, 0.1) is 11.3 Å². The fourth-order valence-corrected chi connectivity index (χ4v) is 4.80. The predicted octanol–water partition coefficient (Wildman–Crippen LogP) is 2.91. The first kappa shape index (κ1) is 23.6. The van der Waals surface area contributed by atoms with Crippen LogP contribution in [0.2, 0.25) is 0 Å². The van der Waals surface area contributed by atoms with Crippen molar-refractivity contribution in [3.8, 4) is 6.07 Å². The van der Waals surface area contributed by atoms with Crippen LogP contribution >= 0.6 is 11.3 Å². The summed E-state index contributed by atoms with van der Waals surface area (Å²) in [6.45, 7) is 4.60.